The highest BCUT2D eigenvalue weighted by molar-refractivity contribution is 5.75. The molecule has 4 nitrogen and oxygen atoms in total. The topological polar surface area (TPSA) is 58.6 Å². The second kappa shape index (κ2) is 6.91. The molecule has 0 aliphatic rings. The van der Waals surface area contributed by atoms with Gasteiger partial charge in [-0.2, -0.15) is 0 Å². The molecule has 17 heavy (non-hydrogen) atoms. The third-order valence-corrected chi connectivity index (χ3v) is 2.52. The van der Waals surface area contributed by atoms with E-state index >= 15 is 0 Å². The van der Waals surface area contributed by atoms with Gasteiger partial charge in [0.2, 0.25) is 5.91 Å². The fourth-order valence-electron chi connectivity index (χ4n) is 1.65. The van der Waals surface area contributed by atoms with Crippen molar-refractivity contribution in [1.29, 1.82) is 0 Å². The van der Waals surface area contributed by atoms with Gasteiger partial charge < -0.3 is 15.2 Å². The van der Waals surface area contributed by atoms with Crippen molar-refractivity contribution in [1.82, 2.24) is 5.32 Å². The average molecular weight is 237 g/mol. The molecule has 0 heterocycles. The standard InChI is InChI=1S/C13H19NO3/c1-3-14-13(16)9-8-11(15)10-6-4-5-7-12(10)17-2/h4-7,11,15H,3,8-9H2,1-2H3,(H,14,16). The van der Waals surface area contributed by atoms with E-state index in [0.29, 0.717) is 25.1 Å². The van der Waals surface area contributed by atoms with Crippen LogP contribution >= 0.6 is 0 Å². The van der Waals surface area contributed by atoms with Gasteiger partial charge in [-0.15, -0.1) is 0 Å². The van der Waals surface area contributed by atoms with E-state index in [1.807, 2.05) is 19.1 Å². The van der Waals surface area contributed by atoms with Crippen LogP contribution in [-0.4, -0.2) is 24.7 Å². The van der Waals surface area contributed by atoms with Gasteiger partial charge in [-0.25, -0.2) is 0 Å². The van der Waals surface area contributed by atoms with Gasteiger partial charge in [-0.1, -0.05) is 18.2 Å². The zero-order chi connectivity index (χ0) is 12.7. The summed E-state index contributed by atoms with van der Waals surface area (Å²) in [6.45, 7) is 2.48. The molecule has 1 atom stereocenters. The molecule has 1 unspecified atom stereocenters. The number of carbonyl (C=O) groups excluding carboxylic acids is 1. The number of nitrogens with one attached hydrogen (secondary N) is 1. The predicted molar refractivity (Wildman–Crippen MR) is 65.9 cm³/mol. The first kappa shape index (κ1) is 13.5. The lowest BCUT2D eigenvalue weighted by molar-refractivity contribution is -0.121. The molecule has 0 aliphatic carbocycles. The van der Waals surface area contributed by atoms with E-state index in [0.717, 1.165) is 5.56 Å². The Balaban J connectivity index is 2.57. The van der Waals surface area contributed by atoms with E-state index in [4.69, 9.17) is 4.74 Å². The van der Waals surface area contributed by atoms with Crippen LogP contribution < -0.4 is 10.1 Å². The maximum atomic E-state index is 11.3. The van der Waals surface area contributed by atoms with Gasteiger partial charge in [0.15, 0.2) is 0 Å². The van der Waals surface area contributed by atoms with Gasteiger partial charge in [-0.3, -0.25) is 4.79 Å². The number of methoxy groups -OCH3 is 1. The Labute approximate surface area is 102 Å². The molecule has 0 bridgehead atoms. The number of hydrogen-bond acceptors (Lipinski definition) is 3. The van der Waals surface area contributed by atoms with E-state index in [9.17, 15) is 9.90 Å². The number of hydrogen-bond donors (Lipinski definition) is 2. The molecule has 0 saturated carbocycles. The van der Waals surface area contributed by atoms with E-state index in [2.05, 4.69) is 5.32 Å². The predicted octanol–water partition coefficient (Wildman–Crippen LogP) is 1.64. The summed E-state index contributed by atoms with van der Waals surface area (Å²) in [5.74, 6) is 0.609. The number of aliphatic hydroxyl groups is 1. The van der Waals surface area contributed by atoms with Crippen molar-refractivity contribution in [3.05, 3.63) is 29.8 Å². The lowest BCUT2D eigenvalue weighted by Crippen LogP contribution is -2.22. The third-order valence-electron chi connectivity index (χ3n) is 2.52. The number of amides is 1. The average Bonchev–Trinajstić information content (AvgIpc) is 2.36. The third kappa shape index (κ3) is 4.07. The molecule has 0 spiro atoms. The fourth-order valence-corrected chi connectivity index (χ4v) is 1.65. The molecular formula is C13H19NO3. The van der Waals surface area contributed by atoms with Crippen LogP contribution in [0.2, 0.25) is 0 Å². The van der Waals surface area contributed by atoms with E-state index in [1.54, 1.807) is 19.2 Å². The minimum absolute atomic E-state index is 0.0403. The minimum Gasteiger partial charge on any atom is -0.496 e. The minimum atomic E-state index is -0.672. The Morgan fingerprint density at radius 3 is 2.82 bits per heavy atom. The molecule has 4 heteroatoms. The van der Waals surface area contributed by atoms with E-state index < -0.39 is 6.10 Å². The summed E-state index contributed by atoms with van der Waals surface area (Å²) in [6.07, 6.45) is 0.0352. The molecule has 1 aromatic rings. The summed E-state index contributed by atoms with van der Waals surface area (Å²) in [7, 11) is 1.56. The van der Waals surface area contributed by atoms with Crippen LogP contribution in [0.25, 0.3) is 0 Å². The monoisotopic (exact) mass is 237 g/mol. The van der Waals surface area contributed by atoms with Crippen molar-refractivity contribution in [2.45, 2.75) is 25.9 Å². The van der Waals surface area contributed by atoms with Gasteiger partial charge in [0.1, 0.15) is 5.75 Å². The molecular weight excluding hydrogens is 218 g/mol. The fraction of sp³-hybridized carbons (Fsp3) is 0.462. The van der Waals surface area contributed by atoms with Crippen LogP contribution in [0, 0.1) is 0 Å². The van der Waals surface area contributed by atoms with Crippen LogP contribution in [0.1, 0.15) is 31.4 Å². The van der Waals surface area contributed by atoms with Gasteiger partial charge >= 0.3 is 0 Å². The molecule has 0 radical (unpaired) electrons. The normalized spacial score (nSPS) is 11.9. The van der Waals surface area contributed by atoms with Crippen molar-refractivity contribution in [3.63, 3.8) is 0 Å². The first-order valence-corrected chi connectivity index (χ1v) is 5.76. The maximum Gasteiger partial charge on any atom is 0.220 e. The van der Waals surface area contributed by atoms with Crippen molar-refractivity contribution < 1.29 is 14.6 Å². The first-order valence-electron chi connectivity index (χ1n) is 5.76. The Kier molecular flexibility index (Phi) is 5.49. The number of rotatable bonds is 6. The molecule has 2 N–H and O–H groups in total. The number of carbonyl (C=O) groups is 1. The Morgan fingerprint density at radius 1 is 1.47 bits per heavy atom. The number of aliphatic hydroxyl groups excluding tert-OH is 1. The maximum absolute atomic E-state index is 11.3. The Hall–Kier alpha value is -1.55. The van der Waals surface area contributed by atoms with Crippen LogP contribution in [0.4, 0.5) is 0 Å². The summed E-state index contributed by atoms with van der Waals surface area (Å²) in [6, 6.07) is 7.29. The highest BCUT2D eigenvalue weighted by Gasteiger charge is 2.13. The van der Waals surface area contributed by atoms with Gasteiger partial charge in [0.05, 0.1) is 13.2 Å². The first-order chi connectivity index (χ1) is 8.19. The van der Waals surface area contributed by atoms with Crippen LogP contribution in [0.3, 0.4) is 0 Å². The Bertz CT molecular complexity index is 365. The second-order valence-electron chi connectivity index (χ2n) is 3.75. The van der Waals surface area contributed by atoms with Crippen molar-refractivity contribution >= 4 is 5.91 Å². The number of benzene rings is 1. The molecule has 0 aliphatic heterocycles. The summed E-state index contributed by atoms with van der Waals surface area (Å²) in [5, 5.41) is 12.7. The lowest BCUT2D eigenvalue weighted by atomic mass is 10.0. The summed E-state index contributed by atoms with van der Waals surface area (Å²) >= 11 is 0. The molecule has 1 rings (SSSR count). The molecule has 94 valence electrons. The van der Waals surface area contributed by atoms with Crippen molar-refractivity contribution in [2.75, 3.05) is 13.7 Å². The molecule has 1 amide bonds. The SMILES string of the molecule is CCNC(=O)CCC(O)c1ccccc1OC. The van der Waals surface area contributed by atoms with Crippen LogP contribution in [-0.2, 0) is 4.79 Å². The molecule has 1 aromatic carbocycles. The summed E-state index contributed by atoms with van der Waals surface area (Å²) in [5.41, 5.74) is 0.722. The second-order valence-corrected chi connectivity index (χ2v) is 3.75. The van der Waals surface area contributed by atoms with E-state index in [1.165, 1.54) is 0 Å². The number of para-hydroxylation sites is 1. The Morgan fingerprint density at radius 2 is 2.18 bits per heavy atom. The highest BCUT2D eigenvalue weighted by atomic mass is 16.5. The zero-order valence-electron chi connectivity index (χ0n) is 10.3. The smallest absolute Gasteiger partial charge is 0.220 e. The molecule has 0 aromatic heterocycles. The van der Waals surface area contributed by atoms with Crippen molar-refractivity contribution in [2.24, 2.45) is 0 Å². The quantitative estimate of drug-likeness (QED) is 0.791. The lowest BCUT2D eigenvalue weighted by Gasteiger charge is -2.14. The summed E-state index contributed by atoms with van der Waals surface area (Å²) < 4.78 is 5.16. The van der Waals surface area contributed by atoms with Gasteiger partial charge in [-0.05, 0) is 19.4 Å². The van der Waals surface area contributed by atoms with Gasteiger partial charge in [0, 0.05) is 18.5 Å². The molecule has 0 fully saturated rings. The largest absolute Gasteiger partial charge is 0.496 e. The van der Waals surface area contributed by atoms with Crippen LogP contribution in [0.5, 0.6) is 5.75 Å². The van der Waals surface area contributed by atoms with Crippen LogP contribution in [0.15, 0.2) is 24.3 Å². The van der Waals surface area contributed by atoms with E-state index in [-0.39, 0.29) is 5.91 Å². The van der Waals surface area contributed by atoms with Crippen molar-refractivity contribution in [3.8, 4) is 5.75 Å². The number of ether oxygens (including phenoxy) is 1. The summed E-state index contributed by atoms with van der Waals surface area (Å²) in [4.78, 5) is 11.3. The zero-order valence-corrected chi connectivity index (χ0v) is 10.3. The molecule has 0 saturated heterocycles. The highest BCUT2D eigenvalue weighted by Crippen LogP contribution is 2.27. The van der Waals surface area contributed by atoms with Gasteiger partial charge in [0.25, 0.3) is 0 Å².